The number of ketones is 1. The zero-order chi connectivity index (χ0) is 24.4. The van der Waals surface area contributed by atoms with Gasteiger partial charge in [0.2, 0.25) is 0 Å². The number of aryl methyl sites for hydroxylation is 1. The second-order valence-electron chi connectivity index (χ2n) is 5.28. The van der Waals surface area contributed by atoms with Gasteiger partial charge in [0.15, 0.2) is 5.69 Å². The molecule has 0 saturated carbocycles. The maximum Gasteiger partial charge on any atom is 0.455 e. The van der Waals surface area contributed by atoms with E-state index in [2.05, 4.69) is 19.3 Å². The van der Waals surface area contributed by atoms with Gasteiger partial charge in [0.1, 0.15) is 17.4 Å². The monoisotopic (exact) mass is 462 g/mol. The van der Waals surface area contributed by atoms with Crippen LogP contribution < -0.4 is 0 Å². The highest BCUT2D eigenvalue weighted by atomic mass is 19.4. The van der Waals surface area contributed by atoms with Crippen LogP contribution in [0.4, 0.5) is 26.3 Å². The van der Waals surface area contributed by atoms with Crippen molar-refractivity contribution in [3.8, 4) is 0 Å². The quantitative estimate of drug-likeness (QED) is 0.153. The molecule has 176 valence electrons. The Kier molecular flexibility index (Phi) is 10.8. The lowest BCUT2D eigenvalue weighted by Crippen LogP contribution is -2.29. The Bertz CT molecular complexity index is 798. The summed E-state index contributed by atoms with van der Waals surface area (Å²) in [6.07, 6.45) is -8.43. The molecule has 0 spiro atoms. The van der Waals surface area contributed by atoms with Gasteiger partial charge in [0, 0.05) is 7.05 Å². The van der Waals surface area contributed by atoms with Gasteiger partial charge in [-0.15, -0.1) is 0 Å². The van der Waals surface area contributed by atoms with Gasteiger partial charge in [0.25, 0.3) is 5.78 Å². The van der Waals surface area contributed by atoms with E-state index in [0.29, 0.717) is 10.9 Å². The molecule has 0 N–H and O–H groups in total. The molecule has 0 aromatic carbocycles. The van der Waals surface area contributed by atoms with Crippen molar-refractivity contribution in [2.75, 3.05) is 19.8 Å². The normalized spacial score (nSPS) is 11.9. The van der Waals surface area contributed by atoms with Gasteiger partial charge in [0.05, 0.1) is 26.0 Å². The number of halogens is 6. The van der Waals surface area contributed by atoms with Crippen LogP contribution >= 0.6 is 0 Å². The fourth-order valence-electron chi connectivity index (χ4n) is 1.85. The number of esters is 2. The summed E-state index contributed by atoms with van der Waals surface area (Å²) in [5.74, 6) is -4.64. The van der Waals surface area contributed by atoms with Gasteiger partial charge < -0.3 is 14.2 Å². The van der Waals surface area contributed by atoms with E-state index in [1.54, 1.807) is 0 Å². The molecular formula is C17H20F6N2O6. The van der Waals surface area contributed by atoms with Crippen LogP contribution in [0.15, 0.2) is 18.0 Å². The Balaban J connectivity index is 0.000000581. The summed E-state index contributed by atoms with van der Waals surface area (Å²) >= 11 is 0. The van der Waals surface area contributed by atoms with Crippen LogP contribution in [-0.2, 0) is 37.0 Å². The average molecular weight is 462 g/mol. The topological polar surface area (TPSA) is 96.7 Å². The lowest BCUT2D eigenvalue weighted by molar-refractivity contribution is -0.169. The first kappa shape index (κ1) is 27.9. The summed E-state index contributed by atoms with van der Waals surface area (Å²) in [5.41, 5.74) is -2.82. The molecule has 0 unspecified atom stereocenters. The fraction of sp³-hybridized carbons (Fsp3) is 0.529. The molecule has 14 heteroatoms. The minimum Gasteiger partial charge on any atom is -0.500 e. The molecule has 0 fully saturated rings. The Morgan fingerprint density at radius 3 is 1.97 bits per heavy atom. The Labute approximate surface area is 172 Å². The molecule has 0 saturated heterocycles. The van der Waals surface area contributed by atoms with E-state index < -0.39 is 46.9 Å². The second-order valence-corrected chi connectivity index (χ2v) is 5.28. The zero-order valence-electron chi connectivity index (χ0n) is 16.9. The fourth-order valence-corrected chi connectivity index (χ4v) is 1.85. The average Bonchev–Trinajstić information content (AvgIpc) is 3.04. The third-order valence-electron chi connectivity index (χ3n) is 3.07. The number of aromatic nitrogens is 2. The van der Waals surface area contributed by atoms with Crippen LogP contribution in [0.3, 0.4) is 0 Å². The summed E-state index contributed by atoms with van der Waals surface area (Å²) < 4.78 is 87.5. The maximum absolute atomic E-state index is 12.5. The third kappa shape index (κ3) is 8.68. The molecule has 0 radical (unpaired) electrons. The number of rotatable bonds is 7. The molecule has 31 heavy (non-hydrogen) atoms. The first-order chi connectivity index (χ1) is 14.2. The second kappa shape index (κ2) is 12.0. The van der Waals surface area contributed by atoms with E-state index in [0.717, 1.165) is 13.2 Å². The van der Waals surface area contributed by atoms with Gasteiger partial charge in [-0.2, -0.15) is 31.4 Å². The summed E-state index contributed by atoms with van der Waals surface area (Å²) in [6.45, 7) is 4.35. The van der Waals surface area contributed by atoms with Gasteiger partial charge in [-0.25, -0.2) is 9.59 Å². The number of carbonyl (C=O) groups excluding carboxylic acids is 3. The van der Waals surface area contributed by atoms with Crippen molar-refractivity contribution >= 4 is 17.7 Å². The van der Waals surface area contributed by atoms with E-state index in [-0.39, 0.29) is 19.8 Å². The van der Waals surface area contributed by atoms with Crippen LogP contribution in [0.2, 0.25) is 0 Å². The van der Waals surface area contributed by atoms with Gasteiger partial charge in [-0.05, 0) is 20.8 Å². The van der Waals surface area contributed by atoms with Crippen LogP contribution in [0.1, 0.15) is 36.8 Å². The summed E-state index contributed by atoms with van der Waals surface area (Å²) in [4.78, 5) is 33.0. The van der Waals surface area contributed by atoms with Crippen molar-refractivity contribution in [1.82, 2.24) is 9.78 Å². The van der Waals surface area contributed by atoms with E-state index in [4.69, 9.17) is 0 Å². The molecule has 8 nitrogen and oxygen atoms in total. The van der Waals surface area contributed by atoms with Crippen molar-refractivity contribution in [2.45, 2.75) is 33.1 Å². The molecule has 1 aromatic rings. The molecule has 0 aliphatic heterocycles. The molecule has 0 amide bonds. The van der Waals surface area contributed by atoms with E-state index in [1.807, 2.05) is 0 Å². The molecule has 0 bridgehead atoms. The molecule has 0 aliphatic rings. The molecule has 1 heterocycles. The zero-order valence-corrected chi connectivity index (χ0v) is 16.9. The number of ether oxygens (including phenoxy) is 3. The minimum atomic E-state index is -5.13. The van der Waals surface area contributed by atoms with Gasteiger partial charge >= 0.3 is 24.3 Å². The number of hydrogen-bond donors (Lipinski definition) is 0. The van der Waals surface area contributed by atoms with Gasteiger partial charge in [-0.3, -0.25) is 9.48 Å². The first-order valence-corrected chi connectivity index (χ1v) is 8.58. The summed E-state index contributed by atoms with van der Waals surface area (Å²) in [5, 5.41) is 3.38. The SMILES string of the molecule is CCOC(=O)c1cnn(C)c1C(F)(F)F.CCOC=C(C(=O)OCC)C(=O)C(F)(F)F. The number of nitrogens with zero attached hydrogens (tertiary/aromatic N) is 2. The smallest absolute Gasteiger partial charge is 0.455 e. The number of carbonyl (C=O) groups is 3. The van der Waals surface area contributed by atoms with Crippen LogP contribution in [0.5, 0.6) is 0 Å². The summed E-state index contributed by atoms with van der Waals surface area (Å²) in [7, 11) is 1.12. The van der Waals surface area contributed by atoms with Crippen molar-refractivity contribution in [3.63, 3.8) is 0 Å². The predicted octanol–water partition coefficient (Wildman–Crippen LogP) is 3.22. The Morgan fingerprint density at radius 1 is 1.00 bits per heavy atom. The molecule has 0 aliphatic carbocycles. The van der Waals surface area contributed by atoms with E-state index in [1.165, 1.54) is 20.8 Å². The van der Waals surface area contributed by atoms with Gasteiger partial charge in [-0.1, -0.05) is 0 Å². The summed E-state index contributed by atoms with van der Waals surface area (Å²) in [6, 6.07) is 0. The van der Waals surface area contributed by atoms with Crippen LogP contribution in [0, 0.1) is 0 Å². The number of Topliss-reactive ketones (excluding diaryl/α,β-unsaturated/α-hetero) is 1. The first-order valence-electron chi connectivity index (χ1n) is 8.58. The van der Waals surface area contributed by atoms with Crippen LogP contribution in [0.25, 0.3) is 0 Å². The highest BCUT2D eigenvalue weighted by Gasteiger charge is 2.44. The standard InChI is InChI=1S/C9H11F3O4.C8H9F3N2O2/c1-3-15-5-6(8(14)16-4-2)7(13)9(10,11)12;1-3-15-7(14)5-4-12-13(2)6(5)8(9,10)11/h5H,3-4H2,1-2H3;4H,3H2,1-2H3. The van der Waals surface area contributed by atoms with Crippen molar-refractivity contribution in [3.05, 3.63) is 29.3 Å². The van der Waals surface area contributed by atoms with Crippen molar-refractivity contribution in [2.24, 2.45) is 7.05 Å². The van der Waals surface area contributed by atoms with E-state index in [9.17, 15) is 40.7 Å². The molecule has 0 atom stereocenters. The number of hydrogen-bond acceptors (Lipinski definition) is 7. The molecule has 1 rings (SSSR count). The highest BCUT2D eigenvalue weighted by Crippen LogP contribution is 2.31. The molecular weight excluding hydrogens is 442 g/mol. The largest absolute Gasteiger partial charge is 0.500 e. The third-order valence-corrected chi connectivity index (χ3v) is 3.07. The lowest BCUT2D eigenvalue weighted by atomic mass is 10.2. The van der Waals surface area contributed by atoms with Crippen molar-refractivity contribution < 1.29 is 54.9 Å². The Hall–Kier alpha value is -3.06. The van der Waals surface area contributed by atoms with E-state index >= 15 is 0 Å². The lowest BCUT2D eigenvalue weighted by Gasteiger charge is -2.08. The van der Waals surface area contributed by atoms with Crippen LogP contribution in [-0.4, -0.2) is 53.5 Å². The van der Waals surface area contributed by atoms with Crippen molar-refractivity contribution in [1.29, 1.82) is 0 Å². The predicted molar refractivity (Wildman–Crippen MR) is 91.6 cm³/mol. The Morgan fingerprint density at radius 2 is 1.55 bits per heavy atom. The number of alkyl halides is 6. The minimum absolute atomic E-state index is 0.0189. The highest BCUT2D eigenvalue weighted by molar-refractivity contribution is 6.19. The maximum atomic E-state index is 12.5. The molecule has 1 aromatic heterocycles.